The number of aromatic nitrogens is 2. The molecule has 0 saturated carbocycles. The van der Waals surface area contributed by atoms with Crippen LogP contribution in [0.4, 0.5) is 5.82 Å². The lowest BCUT2D eigenvalue weighted by molar-refractivity contribution is 0.410. The molecule has 104 valence electrons. The van der Waals surface area contributed by atoms with E-state index in [1.54, 1.807) is 0 Å². The van der Waals surface area contributed by atoms with Crippen LogP contribution in [0.5, 0.6) is 0 Å². The molecular formula is C14H23N5. The first kappa shape index (κ1) is 12.8. The highest BCUT2D eigenvalue weighted by molar-refractivity contribution is 5.39. The van der Waals surface area contributed by atoms with Crippen molar-refractivity contribution in [2.75, 3.05) is 45.2 Å². The smallest absolute Gasteiger partial charge is 0.151 e. The molecule has 2 fully saturated rings. The van der Waals surface area contributed by atoms with Gasteiger partial charge < -0.3 is 15.1 Å². The number of hydrogen-bond donors (Lipinski definition) is 1. The summed E-state index contributed by atoms with van der Waals surface area (Å²) in [4.78, 5) is 4.68. The Balaban J connectivity index is 1.66. The van der Waals surface area contributed by atoms with E-state index in [4.69, 9.17) is 0 Å². The highest BCUT2D eigenvalue weighted by Crippen LogP contribution is 2.25. The highest BCUT2D eigenvalue weighted by Gasteiger charge is 2.24. The Bertz CT molecular complexity index is 418. The molecule has 2 unspecified atom stereocenters. The minimum absolute atomic E-state index is 0.565. The fourth-order valence-electron chi connectivity index (χ4n) is 3.10. The van der Waals surface area contributed by atoms with Gasteiger partial charge in [-0.3, -0.25) is 0 Å². The van der Waals surface area contributed by atoms with E-state index in [1.165, 1.54) is 19.4 Å². The van der Waals surface area contributed by atoms with Crippen molar-refractivity contribution in [3.8, 4) is 0 Å². The van der Waals surface area contributed by atoms with Gasteiger partial charge in [0.25, 0.3) is 0 Å². The highest BCUT2D eigenvalue weighted by atomic mass is 15.3. The van der Waals surface area contributed by atoms with E-state index < -0.39 is 0 Å². The van der Waals surface area contributed by atoms with Crippen LogP contribution in [0.2, 0.25) is 0 Å². The molecule has 1 aromatic rings. The van der Waals surface area contributed by atoms with E-state index in [0.717, 1.165) is 31.1 Å². The van der Waals surface area contributed by atoms with Gasteiger partial charge in [0, 0.05) is 31.6 Å². The molecule has 19 heavy (non-hydrogen) atoms. The van der Waals surface area contributed by atoms with Gasteiger partial charge in [0.15, 0.2) is 5.82 Å². The van der Waals surface area contributed by atoms with Crippen LogP contribution in [0.15, 0.2) is 12.1 Å². The van der Waals surface area contributed by atoms with Crippen molar-refractivity contribution in [2.45, 2.75) is 24.8 Å². The van der Waals surface area contributed by atoms with Crippen LogP contribution < -0.4 is 10.2 Å². The molecule has 1 aromatic heterocycles. The van der Waals surface area contributed by atoms with Crippen molar-refractivity contribution in [1.29, 1.82) is 0 Å². The number of rotatable bonds is 3. The van der Waals surface area contributed by atoms with Gasteiger partial charge in [-0.25, -0.2) is 0 Å². The van der Waals surface area contributed by atoms with E-state index in [9.17, 15) is 0 Å². The molecule has 2 atom stereocenters. The molecule has 3 rings (SSSR count). The van der Waals surface area contributed by atoms with Gasteiger partial charge in [0.05, 0.1) is 5.69 Å². The van der Waals surface area contributed by atoms with E-state index in [0.29, 0.717) is 12.0 Å². The number of likely N-dealkylation sites (tertiary alicyclic amines) is 1. The Morgan fingerprint density at radius 1 is 1.16 bits per heavy atom. The Kier molecular flexibility index (Phi) is 3.66. The zero-order valence-electron chi connectivity index (χ0n) is 11.8. The molecular weight excluding hydrogens is 238 g/mol. The molecule has 0 amide bonds. The number of nitrogens with one attached hydrogen (secondary N) is 1. The number of hydrogen-bond acceptors (Lipinski definition) is 5. The second-order valence-electron chi connectivity index (χ2n) is 5.78. The van der Waals surface area contributed by atoms with Gasteiger partial charge in [0.1, 0.15) is 0 Å². The van der Waals surface area contributed by atoms with E-state index in [-0.39, 0.29) is 0 Å². The predicted molar refractivity (Wildman–Crippen MR) is 76.6 cm³/mol. The van der Waals surface area contributed by atoms with Gasteiger partial charge in [-0.2, -0.15) is 5.10 Å². The van der Waals surface area contributed by atoms with Gasteiger partial charge in [0.2, 0.25) is 0 Å². The molecule has 0 aliphatic carbocycles. The van der Waals surface area contributed by atoms with Crippen molar-refractivity contribution in [3.05, 3.63) is 17.8 Å². The standard InChI is InChI=1S/C14H23N5/c1-15-12-6-8-19(10-12)14-4-3-13(16-17-14)11-5-7-18(2)9-11/h3-4,11-12,15H,5-10H2,1-2H3. The number of nitrogens with zero attached hydrogens (tertiary/aromatic N) is 4. The van der Waals surface area contributed by atoms with Gasteiger partial charge in [-0.15, -0.1) is 5.10 Å². The third-order valence-corrected chi connectivity index (χ3v) is 4.40. The summed E-state index contributed by atoms with van der Waals surface area (Å²) in [6.45, 7) is 4.39. The summed E-state index contributed by atoms with van der Waals surface area (Å²) in [5.41, 5.74) is 1.15. The quantitative estimate of drug-likeness (QED) is 0.867. The van der Waals surface area contributed by atoms with Crippen molar-refractivity contribution in [2.24, 2.45) is 0 Å². The average molecular weight is 261 g/mol. The molecule has 0 bridgehead atoms. The molecule has 0 radical (unpaired) electrons. The Morgan fingerprint density at radius 3 is 2.63 bits per heavy atom. The van der Waals surface area contributed by atoms with Crippen molar-refractivity contribution in [3.63, 3.8) is 0 Å². The minimum Gasteiger partial charge on any atom is -0.354 e. The summed E-state index contributed by atoms with van der Waals surface area (Å²) >= 11 is 0. The van der Waals surface area contributed by atoms with Gasteiger partial charge >= 0.3 is 0 Å². The first-order chi connectivity index (χ1) is 9.26. The summed E-state index contributed by atoms with van der Waals surface area (Å²) in [7, 11) is 4.20. The maximum atomic E-state index is 4.45. The maximum Gasteiger partial charge on any atom is 0.151 e. The van der Waals surface area contributed by atoms with Crippen LogP contribution >= 0.6 is 0 Å². The summed E-state index contributed by atoms with van der Waals surface area (Å²) in [5, 5.41) is 12.2. The maximum absolute atomic E-state index is 4.45. The Morgan fingerprint density at radius 2 is 2.05 bits per heavy atom. The zero-order chi connectivity index (χ0) is 13.2. The van der Waals surface area contributed by atoms with Crippen LogP contribution in [-0.4, -0.2) is 61.4 Å². The summed E-state index contributed by atoms with van der Waals surface area (Å²) < 4.78 is 0. The molecule has 0 spiro atoms. The van der Waals surface area contributed by atoms with Crippen molar-refractivity contribution < 1.29 is 0 Å². The van der Waals surface area contributed by atoms with E-state index >= 15 is 0 Å². The van der Waals surface area contributed by atoms with Gasteiger partial charge in [-0.05, 0) is 45.6 Å². The lowest BCUT2D eigenvalue weighted by atomic mass is 10.1. The first-order valence-electron chi connectivity index (χ1n) is 7.20. The largest absolute Gasteiger partial charge is 0.354 e. The summed E-state index contributed by atoms with van der Waals surface area (Å²) in [6, 6.07) is 4.89. The normalized spacial score (nSPS) is 28.2. The molecule has 1 N–H and O–H groups in total. The lowest BCUT2D eigenvalue weighted by Crippen LogP contribution is -2.30. The predicted octanol–water partition coefficient (Wildman–Crippen LogP) is 0.694. The monoisotopic (exact) mass is 261 g/mol. The average Bonchev–Trinajstić information content (AvgIpc) is 3.07. The minimum atomic E-state index is 0.565. The van der Waals surface area contributed by atoms with Crippen LogP contribution in [-0.2, 0) is 0 Å². The molecule has 3 heterocycles. The first-order valence-corrected chi connectivity index (χ1v) is 7.20. The third-order valence-electron chi connectivity index (χ3n) is 4.40. The molecule has 2 aliphatic heterocycles. The van der Waals surface area contributed by atoms with E-state index in [2.05, 4.69) is 44.5 Å². The molecule has 0 aromatic carbocycles. The second-order valence-corrected chi connectivity index (χ2v) is 5.78. The van der Waals surface area contributed by atoms with Crippen LogP contribution in [0.1, 0.15) is 24.5 Å². The fourth-order valence-corrected chi connectivity index (χ4v) is 3.10. The number of likely N-dealkylation sites (N-methyl/N-ethyl adjacent to an activating group) is 2. The molecule has 5 nitrogen and oxygen atoms in total. The van der Waals surface area contributed by atoms with E-state index in [1.807, 2.05) is 7.05 Å². The second kappa shape index (κ2) is 5.43. The lowest BCUT2D eigenvalue weighted by Gasteiger charge is -2.17. The van der Waals surface area contributed by atoms with Crippen molar-refractivity contribution in [1.82, 2.24) is 20.4 Å². The molecule has 2 aliphatic rings. The Labute approximate surface area is 115 Å². The van der Waals surface area contributed by atoms with Crippen LogP contribution in [0.25, 0.3) is 0 Å². The fraction of sp³-hybridized carbons (Fsp3) is 0.714. The molecule has 2 saturated heterocycles. The summed E-state index contributed by atoms with van der Waals surface area (Å²) in [5.74, 6) is 1.59. The Hall–Kier alpha value is -1.20. The van der Waals surface area contributed by atoms with Crippen molar-refractivity contribution >= 4 is 5.82 Å². The zero-order valence-corrected chi connectivity index (χ0v) is 11.8. The SMILES string of the molecule is CNC1CCN(c2ccc(C3CCN(C)C3)nn2)C1. The van der Waals surface area contributed by atoms with Gasteiger partial charge in [-0.1, -0.05) is 0 Å². The van der Waals surface area contributed by atoms with Crippen LogP contribution in [0, 0.1) is 0 Å². The topological polar surface area (TPSA) is 44.3 Å². The summed E-state index contributed by atoms with van der Waals surface area (Å²) in [6.07, 6.45) is 2.39. The molecule has 5 heteroatoms. The third kappa shape index (κ3) is 2.72. The van der Waals surface area contributed by atoms with Crippen LogP contribution in [0.3, 0.4) is 0 Å². The number of anilines is 1.